The number of hydrogen-bond acceptors (Lipinski definition) is 3. The number of hydrogen-bond donors (Lipinski definition) is 1. The number of halogens is 1. The maximum atomic E-state index is 6.25. The molecular weight excluding hydrogens is 258 g/mol. The van der Waals surface area contributed by atoms with E-state index in [-0.39, 0.29) is 5.54 Å². The van der Waals surface area contributed by atoms with Crippen LogP contribution in [0.15, 0.2) is 16.6 Å². The summed E-state index contributed by atoms with van der Waals surface area (Å²) in [5.74, 6) is 0.913. The summed E-state index contributed by atoms with van der Waals surface area (Å²) in [4.78, 5) is 0. The van der Waals surface area contributed by atoms with Crippen molar-refractivity contribution in [3.05, 3.63) is 27.7 Å². The lowest BCUT2D eigenvalue weighted by Gasteiger charge is -2.24. The lowest BCUT2D eigenvalue weighted by atomic mass is 9.98. The van der Waals surface area contributed by atoms with Crippen molar-refractivity contribution in [2.24, 2.45) is 5.73 Å². The number of fused-ring (bicyclic) bond motifs is 1. The number of ether oxygens (including phenoxy) is 2. The quantitative estimate of drug-likeness (QED) is 0.851. The van der Waals surface area contributed by atoms with Crippen molar-refractivity contribution in [2.75, 3.05) is 6.79 Å². The molecule has 1 aliphatic heterocycles. The van der Waals surface area contributed by atoms with E-state index in [1.165, 1.54) is 5.56 Å². The van der Waals surface area contributed by atoms with Crippen molar-refractivity contribution in [1.29, 1.82) is 0 Å². The highest BCUT2D eigenvalue weighted by Crippen LogP contribution is 2.49. The Morgan fingerprint density at radius 1 is 1.33 bits per heavy atom. The summed E-state index contributed by atoms with van der Waals surface area (Å²) < 4.78 is 11.8. The third-order valence-corrected chi connectivity index (χ3v) is 3.71. The van der Waals surface area contributed by atoms with Gasteiger partial charge in [-0.05, 0) is 30.5 Å². The van der Waals surface area contributed by atoms with Gasteiger partial charge in [-0.15, -0.1) is 0 Å². The third-order valence-electron chi connectivity index (χ3n) is 3.05. The molecule has 0 saturated heterocycles. The molecule has 3 nitrogen and oxygen atoms in total. The van der Waals surface area contributed by atoms with Gasteiger partial charge in [0, 0.05) is 15.6 Å². The molecular formula is C11H12BrNO2. The largest absolute Gasteiger partial charge is 0.467 e. The number of rotatable bonds is 1. The molecule has 80 valence electrons. The molecule has 1 fully saturated rings. The van der Waals surface area contributed by atoms with Gasteiger partial charge < -0.3 is 15.2 Å². The standard InChI is InChI=1S/C11H12BrNO2/c12-8-1-2-9-7(5-14-6-15-9)10(8)11(13)3-4-11/h1-2H,3-6,13H2. The van der Waals surface area contributed by atoms with E-state index in [0.29, 0.717) is 13.4 Å². The van der Waals surface area contributed by atoms with Gasteiger partial charge in [-0.3, -0.25) is 0 Å². The monoisotopic (exact) mass is 269 g/mol. The first kappa shape index (κ1) is 9.63. The van der Waals surface area contributed by atoms with Gasteiger partial charge in [-0.25, -0.2) is 0 Å². The van der Waals surface area contributed by atoms with Crippen LogP contribution >= 0.6 is 15.9 Å². The minimum Gasteiger partial charge on any atom is -0.467 e. The number of benzene rings is 1. The summed E-state index contributed by atoms with van der Waals surface area (Å²) in [5.41, 5.74) is 8.37. The highest BCUT2D eigenvalue weighted by Gasteiger charge is 2.44. The zero-order chi connectivity index (χ0) is 10.5. The summed E-state index contributed by atoms with van der Waals surface area (Å²) in [5, 5.41) is 0. The van der Waals surface area contributed by atoms with Crippen LogP contribution in [0.2, 0.25) is 0 Å². The third kappa shape index (κ3) is 1.48. The predicted molar refractivity (Wildman–Crippen MR) is 59.5 cm³/mol. The molecule has 1 saturated carbocycles. The van der Waals surface area contributed by atoms with Gasteiger partial charge >= 0.3 is 0 Å². The Morgan fingerprint density at radius 2 is 2.13 bits per heavy atom. The fraction of sp³-hybridized carbons (Fsp3) is 0.455. The Morgan fingerprint density at radius 3 is 2.87 bits per heavy atom. The molecule has 1 aliphatic carbocycles. The van der Waals surface area contributed by atoms with Crippen molar-refractivity contribution in [2.45, 2.75) is 25.0 Å². The Kier molecular flexibility index (Phi) is 2.06. The van der Waals surface area contributed by atoms with E-state index < -0.39 is 0 Å². The maximum Gasteiger partial charge on any atom is 0.189 e. The molecule has 0 unspecified atom stereocenters. The van der Waals surface area contributed by atoms with Gasteiger partial charge in [0.25, 0.3) is 0 Å². The number of nitrogens with two attached hydrogens (primary N) is 1. The second kappa shape index (κ2) is 3.20. The van der Waals surface area contributed by atoms with Crippen LogP contribution in [-0.4, -0.2) is 6.79 Å². The maximum absolute atomic E-state index is 6.25. The highest BCUT2D eigenvalue weighted by atomic mass is 79.9. The fourth-order valence-electron chi connectivity index (χ4n) is 2.05. The van der Waals surface area contributed by atoms with Crippen LogP contribution in [0.4, 0.5) is 0 Å². The smallest absolute Gasteiger partial charge is 0.189 e. The molecule has 0 spiro atoms. The minimum absolute atomic E-state index is 0.158. The van der Waals surface area contributed by atoms with E-state index in [4.69, 9.17) is 15.2 Å². The van der Waals surface area contributed by atoms with Gasteiger partial charge in [0.2, 0.25) is 0 Å². The summed E-state index contributed by atoms with van der Waals surface area (Å²) in [6, 6.07) is 3.98. The van der Waals surface area contributed by atoms with Crippen LogP contribution < -0.4 is 10.5 Å². The molecule has 0 bridgehead atoms. The lowest BCUT2D eigenvalue weighted by molar-refractivity contribution is -0.0171. The topological polar surface area (TPSA) is 44.5 Å². The molecule has 0 aromatic heterocycles. The molecule has 1 heterocycles. The first-order valence-electron chi connectivity index (χ1n) is 5.02. The van der Waals surface area contributed by atoms with Gasteiger partial charge in [0.15, 0.2) is 6.79 Å². The molecule has 1 aromatic rings. The van der Waals surface area contributed by atoms with E-state index in [0.717, 1.165) is 28.6 Å². The van der Waals surface area contributed by atoms with Crippen LogP contribution in [0.1, 0.15) is 24.0 Å². The van der Waals surface area contributed by atoms with Crippen molar-refractivity contribution in [3.8, 4) is 5.75 Å². The van der Waals surface area contributed by atoms with E-state index >= 15 is 0 Å². The van der Waals surface area contributed by atoms with Crippen molar-refractivity contribution >= 4 is 15.9 Å². The predicted octanol–water partition coefficient (Wildman–Crippen LogP) is 2.26. The minimum atomic E-state index is -0.158. The van der Waals surface area contributed by atoms with Gasteiger partial charge in [0.05, 0.1) is 6.61 Å². The van der Waals surface area contributed by atoms with Crippen LogP contribution in [0.25, 0.3) is 0 Å². The Labute approximate surface area is 96.7 Å². The molecule has 4 heteroatoms. The summed E-state index contributed by atoms with van der Waals surface area (Å²) >= 11 is 3.56. The first-order chi connectivity index (χ1) is 7.21. The zero-order valence-electron chi connectivity index (χ0n) is 8.25. The molecule has 0 amide bonds. The van der Waals surface area contributed by atoms with Crippen LogP contribution in [0.5, 0.6) is 5.75 Å². The van der Waals surface area contributed by atoms with E-state index in [9.17, 15) is 0 Å². The molecule has 0 radical (unpaired) electrons. The van der Waals surface area contributed by atoms with Gasteiger partial charge in [-0.1, -0.05) is 15.9 Å². The Hall–Kier alpha value is -0.580. The van der Waals surface area contributed by atoms with E-state index in [1.807, 2.05) is 12.1 Å². The van der Waals surface area contributed by atoms with E-state index in [2.05, 4.69) is 15.9 Å². The Balaban J connectivity index is 2.18. The normalized spacial score (nSPS) is 21.7. The van der Waals surface area contributed by atoms with Crippen molar-refractivity contribution in [1.82, 2.24) is 0 Å². The van der Waals surface area contributed by atoms with Crippen molar-refractivity contribution in [3.63, 3.8) is 0 Å². The second-order valence-corrected chi connectivity index (χ2v) is 5.02. The van der Waals surface area contributed by atoms with Crippen LogP contribution in [-0.2, 0) is 16.9 Å². The van der Waals surface area contributed by atoms with Crippen LogP contribution in [0, 0.1) is 0 Å². The fourth-order valence-corrected chi connectivity index (χ4v) is 2.82. The van der Waals surface area contributed by atoms with Crippen molar-refractivity contribution < 1.29 is 9.47 Å². The molecule has 2 aliphatic rings. The molecule has 3 rings (SSSR count). The molecule has 1 aromatic carbocycles. The second-order valence-electron chi connectivity index (χ2n) is 4.17. The van der Waals surface area contributed by atoms with Crippen LogP contribution in [0.3, 0.4) is 0 Å². The average molecular weight is 270 g/mol. The SMILES string of the molecule is NC1(c2c(Br)ccc3c2COCO3)CC1. The first-order valence-corrected chi connectivity index (χ1v) is 5.81. The highest BCUT2D eigenvalue weighted by molar-refractivity contribution is 9.10. The van der Waals surface area contributed by atoms with Gasteiger partial charge in [-0.2, -0.15) is 0 Å². The zero-order valence-corrected chi connectivity index (χ0v) is 9.84. The summed E-state index contributed by atoms with van der Waals surface area (Å²) in [7, 11) is 0. The molecule has 2 N–H and O–H groups in total. The summed E-state index contributed by atoms with van der Waals surface area (Å²) in [6.07, 6.45) is 2.09. The summed E-state index contributed by atoms with van der Waals surface area (Å²) in [6.45, 7) is 0.939. The molecule has 0 atom stereocenters. The van der Waals surface area contributed by atoms with E-state index in [1.54, 1.807) is 0 Å². The molecule has 15 heavy (non-hydrogen) atoms. The average Bonchev–Trinajstić information content (AvgIpc) is 2.97. The lowest BCUT2D eigenvalue weighted by Crippen LogP contribution is -2.24. The van der Waals surface area contributed by atoms with Gasteiger partial charge in [0.1, 0.15) is 5.75 Å². The Bertz CT molecular complexity index is 415.